The maximum absolute atomic E-state index is 14.0. The molecule has 0 saturated heterocycles. The van der Waals surface area contributed by atoms with Crippen molar-refractivity contribution in [3.05, 3.63) is 94.0 Å². The molecule has 0 bridgehead atoms. The molecule has 0 unspecified atom stereocenters. The molecule has 0 aliphatic heterocycles. The van der Waals surface area contributed by atoms with E-state index in [0.29, 0.717) is 16.3 Å². The Hall–Kier alpha value is -3.36. The number of nitrogens with one attached hydrogen (secondary N) is 1. The molecule has 0 heterocycles. The maximum Gasteiger partial charge on any atom is 0.264 e. The van der Waals surface area contributed by atoms with E-state index in [4.69, 9.17) is 11.6 Å². The predicted octanol–water partition coefficient (Wildman–Crippen LogP) is 5.40. The average molecular weight is 570 g/mol. The number of rotatable bonds is 10. The highest BCUT2D eigenvalue weighted by atomic mass is 35.5. The van der Waals surface area contributed by atoms with Crippen molar-refractivity contribution >= 4 is 39.1 Å². The Morgan fingerprint density at radius 1 is 0.897 bits per heavy atom. The van der Waals surface area contributed by atoms with Gasteiger partial charge >= 0.3 is 0 Å². The van der Waals surface area contributed by atoms with Gasteiger partial charge in [-0.3, -0.25) is 13.9 Å². The van der Waals surface area contributed by atoms with Crippen LogP contribution in [0.15, 0.2) is 71.6 Å². The monoisotopic (exact) mass is 569 g/mol. The number of aryl methyl sites for hydroxylation is 3. The lowest BCUT2D eigenvalue weighted by Gasteiger charge is -2.33. The first kappa shape index (κ1) is 30.2. The van der Waals surface area contributed by atoms with Crippen LogP contribution in [0.3, 0.4) is 0 Å². The van der Waals surface area contributed by atoms with Crippen LogP contribution in [0.1, 0.15) is 43.0 Å². The molecule has 0 saturated carbocycles. The fraction of sp³-hybridized carbons (Fsp3) is 0.333. The van der Waals surface area contributed by atoms with Crippen molar-refractivity contribution < 1.29 is 18.0 Å². The summed E-state index contributed by atoms with van der Waals surface area (Å²) in [6.45, 7) is 10.5. The molecule has 7 nitrogen and oxygen atoms in total. The van der Waals surface area contributed by atoms with Gasteiger partial charge in [0, 0.05) is 17.6 Å². The Kier molecular flexibility index (Phi) is 9.80. The number of hydrogen-bond donors (Lipinski definition) is 1. The van der Waals surface area contributed by atoms with E-state index in [2.05, 4.69) is 5.32 Å². The number of amides is 2. The van der Waals surface area contributed by atoms with Gasteiger partial charge in [0.1, 0.15) is 12.6 Å². The van der Waals surface area contributed by atoms with E-state index in [1.54, 1.807) is 44.2 Å². The predicted molar refractivity (Wildman–Crippen MR) is 156 cm³/mol. The van der Waals surface area contributed by atoms with E-state index in [0.717, 1.165) is 21.0 Å². The summed E-state index contributed by atoms with van der Waals surface area (Å²) in [5.41, 5.74) is 3.68. The van der Waals surface area contributed by atoms with Crippen LogP contribution in [0.25, 0.3) is 0 Å². The summed E-state index contributed by atoms with van der Waals surface area (Å²) in [4.78, 5) is 28.5. The van der Waals surface area contributed by atoms with E-state index in [-0.39, 0.29) is 23.4 Å². The third-order valence-electron chi connectivity index (χ3n) is 6.52. The normalized spacial score (nSPS) is 12.2. The number of sulfonamides is 1. The van der Waals surface area contributed by atoms with Crippen LogP contribution < -0.4 is 9.62 Å². The molecule has 3 rings (SSSR count). The molecule has 0 radical (unpaired) electrons. The topological polar surface area (TPSA) is 86.8 Å². The molecule has 0 spiro atoms. The van der Waals surface area contributed by atoms with Crippen LogP contribution in [-0.4, -0.2) is 43.8 Å². The van der Waals surface area contributed by atoms with Gasteiger partial charge in [-0.1, -0.05) is 53.6 Å². The van der Waals surface area contributed by atoms with Gasteiger partial charge in [0.05, 0.1) is 10.6 Å². The zero-order valence-electron chi connectivity index (χ0n) is 23.2. The smallest absolute Gasteiger partial charge is 0.264 e. The minimum atomic E-state index is -4.14. The number of halogens is 1. The molecule has 0 aliphatic rings. The molecule has 1 N–H and O–H groups in total. The van der Waals surface area contributed by atoms with Gasteiger partial charge in [0.15, 0.2) is 0 Å². The number of anilines is 1. The van der Waals surface area contributed by atoms with Crippen LogP contribution in [0.5, 0.6) is 0 Å². The van der Waals surface area contributed by atoms with Gasteiger partial charge in [-0.25, -0.2) is 8.42 Å². The Balaban J connectivity index is 2.08. The standard InChI is InChI=1S/C30H36ClN3O4S/c1-20(2)32-30(36)24(6)33(18-25-10-8-7-9-22(25)4)29(35)19-34(28-16-13-26(31)17-23(28)5)39(37,38)27-14-11-21(3)12-15-27/h7-17,20,24H,18-19H2,1-6H3,(H,32,36)/t24-/m0/s1. The number of carbonyl (C=O) groups excluding carboxylic acids is 2. The highest BCUT2D eigenvalue weighted by molar-refractivity contribution is 7.92. The zero-order chi connectivity index (χ0) is 28.9. The van der Waals surface area contributed by atoms with Crippen molar-refractivity contribution in [2.24, 2.45) is 0 Å². The minimum Gasteiger partial charge on any atom is -0.352 e. The van der Waals surface area contributed by atoms with E-state index < -0.39 is 28.5 Å². The Bertz CT molecular complexity index is 1440. The summed E-state index contributed by atoms with van der Waals surface area (Å²) in [5, 5.41) is 3.31. The SMILES string of the molecule is Cc1ccc(S(=O)(=O)N(CC(=O)N(Cc2ccccc2C)[C@@H](C)C(=O)NC(C)C)c2ccc(Cl)cc2C)cc1. The van der Waals surface area contributed by atoms with E-state index in [1.807, 2.05) is 52.0 Å². The fourth-order valence-electron chi connectivity index (χ4n) is 4.21. The first-order valence-corrected chi connectivity index (χ1v) is 14.6. The van der Waals surface area contributed by atoms with Gasteiger partial charge in [-0.2, -0.15) is 0 Å². The lowest BCUT2D eigenvalue weighted by molar-refractivity contribution is -0.139. The molecular weight excluding hydrogens is 534 g/mol. The number of benzene rings is 3. The summed E-state index contributed by atoms with van der Waals surface area (Å²) < 4.78 is 29.0. The van der Waals surface area contributed by atoms with Crippen molar-refractivity contribution in [1.82, 2.24) is 10.2 Å². The molecule has 0 fully saturated rings. The third kappa shape index (κ3) is 7.40. The van der Waals surface area contributed by atoms with Crippen LogP contribution >= 0.6 is 11.6 Å². The van der Waals surface area contributed by atoms with Crippen molar-refractivity contribution in [3.8, 4) is 0 Å². The molecule has 39 heavy (non-hydrogen) atoms. The molecule has 1 atom stereocenters. The Morgan fingerprint density at radius 3 is 2.13 bits per heavy atom. The summed E-state index contributed by atoms with van der Waals surface area (Å²) in [6.07, 6.45) is 0. The van der Waals surface area contributed by atoms with Gasteiger partial charge in [0.25, 0.3) is 10.0 Å². The second-order valence-corrected chi connectivity index (χ2v) is 12.3. The van der Waals surface area contributed by atoms with Crippen LogP contribution in [0.4, 0.5) is 5.69 Å². The maximum atomic E-state index is 14.0. The largest absolute Gasteiger partial charge is 0.352 e. The van der Waals surface area contributed by atoms with Gasteiger partial charge in [-0.15, -0.1) is 0 Å². The lowest BCUT2D eigenvalue weighted by atomic mass is 10.1. The molecule has 3 aromatic rings. The third-order valence-corrected chi connectivity index (χ3v) is 8.52. The fourth-order valence-corrected chi connectivity index (χ4v) is 5.91. The van der Waals surface area contributed by atoms with Gasteiger partial charge in [0.2, 0.25) is 11.8 Å². The van der Waals surface area contributed by atoms with Crippen molar-refractivity contribution in [1.29, 1.82) is 0 Å². The molecule has 208 valence electrons. The van der Waals surface area contributed by atoms with Crippen molar-refractivity contribution in [3.63, 3.8) is 0 Å². The molecular formula is C30H36ClN3O4S. The van der Waals surface area contributed by atoms with Crippen molar-refractivity contribution in [2.45, 2.75) is 65.1 Å². The van der Waals surface area contributed by atoms with Gasteiger partial charge < -0.3 is 10.2 Å². The van der Waals surface area contributed by atoms with E-state index in [9.17, 15) is 18.0 Å². The average Bonchev–Trinajstić information content (AvgIpc) is 2.86. The minimum absolute atomic E-state index is 0.0614. The van der Waals surface area contributed by atoms with E-state index in [1.165, 1.54) is 17.0 Å². The quantitative estimate of drug-likeness (QED) is 0.354. The number of carbonyl (C=O) groups is 2. The summed E-state index contributed by atoms with van der Waals surface area (Å²) in [5.74, 6) is -0.822. The Labute approximate surface area is 236 Å². The first-order chi connectivity index (χ1) is 18.3. The number of hydrogen-bond acceptors (Lipinski definition) is 4. The molecule has 9 heteroatoms. The highest BCUT2D eigenvalue weighted by Crippen LogP contribution is 2.29. The van der Waals surface area contributed by atoms with Crippen LogP contribution in [-0.2, 0) is 26.2 Å². The molecule has 0 aliphatic carbocycles. The van der Waals surface area contributed by atoms with Crippen LogP contribution in [0.2, 0.25) is 5.02 Å². The lowest BCUT2D eigenvalue weighted by Crippen LogP contribution is -2.52. The summed E-state index contributed by atoms with van der Waals surface area (Å²) in [6, 6.07) is 18.0. The zero-order valence-corrected chi connectivity index (χ0v) is 24.8. The van der Waals surface area contributed by atoms with E-state index >= 15 is 0 Å². The highest BCUT2D eigenvalue weighted by Gasteiger charge is 2.33. The second kappa shape index (κ2) is 12.7. The van der Waals surface area contributed by atoms with Gasteiger partial charge in [-0.05, 0) is 88.6 Å². The van der Waals surface area contributed by atoms with Crippen molar-refractivity contribution in [2.75, 3.05) is 10.8 Å². The second-order valence-electron chi connectivity index (χ2n) is 10.0. The van der Waals surface area contributed by atoms with Crippen LogP contribution in [0, 0.1) is 20.8 Å². The first-order valence-electron chi connectivity index (χ1n) is 12.8. The Morgan fingerprint density at radius 2 is 1.54 bits per heavy atom. The summed E-state index contributed by atoms with van der Waals surface area (Å²) in [7, 11) is -4.14. The number of nitrogens with zero attached hydrogens (tertiary/aromatic N) is 2. The molecule has 2 amide bonds. The molecule has 0 aromatic heterocycles. The summed E-state index contributed by atoms with van der Waals surface area (Å²) >= 11 is 6.16. The molecule has 3 aromatic carbocycles.